The van der Waals surface area contributed by atoms with Crippen LogP contribution in [0.5, 0.6) is 0 Å². The van der Waals surface area contributed by atoms with Crippen molar-refractivity contribution in [3.05, 3.63) is 22.6 Å². The highest BCUT2D eigenvalue weighted by molar-refractivity contribution is 7.89. The first-order valence-corrected chi connectivity index (χ1v) is 5.33. The van der Waals surface area contributed by atoms with Crippen LogP contribution in [-0.2, 0) is 10.0 Å². The third-order valence-electron chi connectivity index (χ3n) is 1.45. The molecule has 0 radical (unpaired) electrons. The summed E-state index contributed by atoms with van der Waals surface area (Å²) in [6.45, 7) is 0. The van der Waals surface area contributed by atoms with E-state index in [1.165, 1.54) is 0 Å². The van der Waals surface area contributed by atoms with Gasteiger partial charge in [-0.3, -0.25) is 0 Å². The summed E-state index contributed by atoms with van der Waals surface area (Å²) in [6, 6.07) is 0.294. The van der Waals surface area contributed by atoms with Crippen molar-refractivity contribution in [1.82, 2.24) is 4.98 Å². The fourth-order valence-electron chi connectivity index (χ4n) is 0.814. The second kappa shape index (κ2) is 3.95. The summed E-state index contributed by atoms with van der Waals surface area (Å²) in [5.41, 5.74) is -1.15. The molecule has 0 bridgehead atoms. The van der Waals surface area contributed by atoms with E-state index < -0.39 is 38.0 Å². The highest BCUT2D eigenvalue weighted by atomic mass is 35.5. The molecule has 1 aromatic heterocycles. The van der Waals surface area contributed by atoms with Crippen LogP contribution in [0, 0.1) is 5.82 Å². The Morgan fingerprint density at radius 1 is 1.47 bits per heavy atom. The molecule has 1 rings (SSSR count). The van der Waals surface area contributed by atoms with E-state index in [1.54, 1.807) is 0 Å². The van der Waals surface area contributed by atoms with Crippen LogP contribution in [0.4, 0.5) is 13.2 Å². The summed E-state index contributed by atoms with van der Waals surface area (Å²) in [7, 11) is -4.27. The van der Waals surface area contributed by atoms with Crippen LogP contribution in [0.25, 0.3) is 0 Å². The fraction of sp³-hybridized carbons (Fsp3) is 0.167. The Balaban J connectivity index is 3.45. The van der Waals surface area contributed by atoms with Gasteiger partial charge < -0.3 is 0 Å². The zero-order valence-corrected chi connectivity index (χ0v) is 8.49. The second-order valence-electron chi connectivity index (χ2n) is 2.49. The monoisotopic (exact) mass is 260 g/mol. The number of sulfonamides is 1. The zero-order chi connectivity index (χ0) is 11.8. The van der Waals surface area contributed by atoms with Crippen LogP contribution in [0.2, 0.25) is 5.15 Å². The molecule has 0 aromatic carbocycles. The van der Waals surface area contributed by atoms with Crippen molar-refractivity contribution in [1.29, 1.82) is 0 Å². The van der Waals surface area contributed by atoms with Gasteiger partial charge in [-0.15, -0.1) is 0 Å². The van der Waals surface area contributed by atoms with E-state index in [-0.39, 0.29) is 0 Å². The van der Waals surface area contributed by atoms with Gasteiger partial charge in [0.15, 0.2) is 5.03 Å². The molecule has 0 saturated heterocycles. The lowest BCUT2D eigenvalue weighted by molar-refractivity contribution is 0.145. The molecule has 15 heavy (non-hydrogen) atoms. The van der Waals surface area contributed by atoms with Crippen LogP contribution in [0.1, 0.15) is 12.0 Å². The molecular weight excluding hydrogens is 257 g/mol. The Morgan fingerprint density at radius 3 is 2.33 bits per heavy atom. The maximum atomic E-state index is 13.0. The first kappa shape index (κ1) is 12.2. The number of pyridine rings is 1. The summed E-state index contributed by atoms with van der Waals surface area (Å²) in [4.78, 5) is 3.06. The van der Waals surface area contributed by atoms with Crippen LogP contribution in [0.3, 0.4) is 0 Å². The Kier molecular flexibility index (Phi) is 3.22. The van der Waals surface area contributed by atoms with Gasteiger partial charge in [-0.2, -0.15) is 0 Å². The van der Waals surface area contributed by atoms with Crippen molar-refractivity contribution < 1.29 is 21.6 Å². The van der Waals surface area contributed by atoms with Crippen molar-refractivity contribution in [2.75, 3.05) is 0 Å². The van der Waals surface area contributed by atoms with Gasteiger partial charge in [0, 0.05) is 6.07 Å². The molecule has 0 fully saturated rings. The molecule has 0 amide bonds. The SMILES string of the molecule is NS(=O)(=O)c1cc(F)c(C(F)F)c(Cl)n1. The van der Waals surface area contributed by atoms with Gasteiger partial charge in [0.25, 0.3) is 16.4 Å². The van der Waals surface area contributed by atoms with E-state index in [2.05, 4.69) is 10.1 Å². The van der Waals surface area contributed by atoms with Gasteiger partial charge in [-0.25, -0.2) is 31.7 Å². The van der Waals surface area contributed by atoms with E-state index in [0.29, 0.717) is 6.07 Å². The van der Waals surface area contributed by atoms with E-state index in [4.69, 9.17) is 11.6 Å². The Labute approximate surface area is 87.9 Å². The summed E-state index contributed by atoms with van der Waals surface area (Å²) in [5.74, 6) is -1.46. The summed E-state index contributed by atoms with van der Waals surface area (Å²) >= 11 is 5.18. The summed E-state index contributed by atoms with van der Waals surface area (Å²) in [6.07, 6.45) is -3.18. The number of rotatable bonds is 2. The summed E-state index contributed by atoms with van der Waals surface area (Å²) in [5, 5.41) is 2.80. The predicted octanol–water partition coefficient (Wildman–Crippen LogP) is 1.46. The Bertz CT molecular complexity index is 468. The third kappa shape index (κ3) is 2.58. The van der Waals surface area contributed by atoms with Crippen LogP contribution in [-0.4, -0.2) is 13.4 Å². The predicted molar refractivity (Wildman–Crippen MR) is 45.5 cm³/mol. The maximum absolute atomic E-state index is 13.0. The Morgan fingerprint density at radius 2 is 2.00 bits per heavy atom. The molecule has 0 unspecified atom stereocenters. The molecule has 0 aliphatic rings. The summed E-state index contributed by atoms with van der Waals surface area (Å²) < 4.78 is 58.8. The van der Waals surface area contributed by atoms with Gasteiger partial charge >= 0.3 is 0 Å². The average molecular weight is 261 g/mol. The van der Waals surface area contributed by atoms with Crippen molar-refractivity contribution >= 4 is 21.6 Å². The highest BCUT2D eigenvalue weighted by Crippen LogP contribution is 2.29. The fourth-order valence-corrected chi connectivity index (χ4v) is 1.61. The average Bonchev–Trinajstić information content (AvgIpc) is 1.99. The molecule has 0 aliphatic carbocycles. The number of aromatic nitrogens is 1. The molecule has 2 N–H and O–H groups in total. The molecule has 0 aliphatic heterocycles. The van der Waals surface area contributed by atoms with Crippen molar-refractivity contribution in [2.45, 2.75) is 11.5 Å². The van der Waals surface area contributed by atoms with E-state index >= 15 is 0 Å². The minimum absolute atomic E-state index is 0.294. The molecule has 1 heterocycles. The van der Waals surface area contributed by atoms with Gasteiger partial charge in [-0.05, 0) is 0 Å². The minimum atomic E-state index is -4.27. The number of hydrogen-bond donors (Lipinski definition) is 1. The highest BCUT2D eigenvalue weighted by Gasteiger charge is 2.23. The zero-order valence-electron chi connectivity index (χ0n) is 6.92. The number of hydrogen-bond acceptors (Lipinski definition) is 3. The quantitative estimate of drug-likeness (QED) is 0.818. The first-order chi connectivity index (χ1) is 6.73. The largest absolute Gasteiger partial charge is 0.269 e. The first-order valence-electron chi connectivity index (χ1n) is 3.40. The van der Waals surface area contributed by atoms with Crippen LogP contribution >= 0.6 is 11.6 Å². The van der Waals surface area contributed by atoms with Gasteiger partial charge in [-0.1, -0.05) is 11.6 Å². The molecule has 0 saturated carbocycles. The molecular formula is C6H4ClF3N2O2S. The lowest BCUT2D eigenvalue weighted by Gasteiger charge is -2.05. The van der Waals surface area contributed by atoms with Gasteiger partial charge in [0.1, 0.15) is 11.0 Å². The number of primary sulfonamides is 1. The minimum Gasteiger partial charge on any atom is -0.223 e. The van der Waals surface area contributed by atoms with E-state index in [0.717, 1.165) is 0 Å². The molecule has 9 heteroatoms. The molecule has 0 spiro atoms. The van der Waals surface area contributed by atoms with Crippen LogP contribution < -0.4 is 5.14 Å². The van der Waals surface area contributed by atoms with E-state index in [9.17, 15) is 21.6 Å². The van der Waals surface area contributed by atoms with Gasteiger partial charge in [0.05, 0.1) is 5.56 Å². The second-order valence-corrected chi connectivity index (χ2v) is 4.36. The number of halogens is 4. The number of nitrogens with two attached hydrogens (primary N) is 1. The number of nitrogens with zero attached hydrogens (tertiary/aromatic N) is 1. The van der Waals surface area contributed by atoms with Crippen molar-refractivity contribution in [3.8, 4) is 0 Å². The maximum Gasteiger partial charge on any atom is 0.269 e. The standard InChI is InChI=1S/C6H4ClF3N2O2S/c7-5-4(6(9)10)2(8)1-3(12-5)15(11,13)14/h1,6H,(H2,11,13,14). The van der Waals surface area contributed by atoms with E-state index in [1.807, 2.05) is 0 Å². The third-order valence-corrected chi connectivity index (χ3v) is 2.53. The molecule has 1 aromatic rings. The number of alkyl halides is 2. The molecule has 0 atom stereocenters. The van der Waals surface area contributed by atoms with Crippen molar-refractivity contribution in [2.24, 2.45) is 5.14 Å². The topological polar surface area (TPSA) is 73.1 Å². The molecule has 4 nitrogen and oxygen atoms in total. The van der Waals surface area contributed by atoms with Gasteiger partial charge in [0.2, 0.25) is 0 Å². The lowest BCUT2D eigenvalue weighted by atomic mass is 10.3. The van der Waals surface area contributed by atoms with Crippen LogP contribution in [0.15, 0.2) is 11.1 Å². The lowest BCUT2D eigenvalue weighted by Crippen LogP contribution is -2.15. The Hall–Kier alpha value is -0.860. The normalized spacial score (nSPS) is 12.1. The van der Waals surface area contributed by atoms with Crippen molar-refractivity contribution in [3.63, 3.8) is 0 Å². The smallest absolute Gasteiger partial charge is 0.223 e. The molecule has 84 valence electrons.